The number of esters is 1. The highest BCUT2D eigenvalue weighted by atomic mass is 32.2. The SMILES string of the molecule is Cc1ccc(COC(=O)CN2c3cccc4cccc(c34)S2(=O)=O)cc1. The van der Waals surface area contributed by atoms with Crippen molar-refractivity contribution in [1.29, 1.82) is 0 Å². The number of hydrogen-bond donors (Lipinski definition) is 0. The minimum Gasteiger partial charge on any atom is -0.459 e. The summed E-state index contributed by atoms with van der Waals surface area (Å²) in [6, 6.07) is 18.1. The van der Waals surface area contributed by atoms with E-state index < -0.39 is 16.0 Å². The lowest BCUT2D eigenvalue weighted by atomic mass is 10.1. The van der Waals surface area contributed by atoms with Crippen molar-refractivity contribution in [1.82, 2.24) is 0 Å². The first-order valence-electron chi connectivity index (χ1n) is 8.22. The van der Waals surface area contributed by atoms with E-state index in [0.717, 1.165) is 20.8 Å². The van der Waals surface area contributed by atoms with E-state index >= 15 is 0 Å². The second-order valence-corrected chi connectivity index (χ2v) is 8.12. The summed E-state index contributed by atoms with van der Waals surface area (Å²) in [5.41, 5.74) is 2.50. The van der Waals surface area contributed by atoms with Crippen molar-refractivity contribution >= 4 is 32.5 Å². The lowest BCUT2D eigenvalue weighted by molar-refractivity contribution is -0.143. The van der Waals surface area contributed by atoms with Crippen molar-refractivity contribution in [3.63, 3.8) is 0 Å². The Balaban J connectivity index is 1.56. The van der Waals surface area contributed by atoms with Gasteiger partial charge in [-0.2, -0.15) is 0 Å². The maximum absolute atomic E-state index is 12.8. The van der Waals surface area contributed by atoms with E-state index in [4.69, 9.17) is 4.74 Å². The summed E-state index contributed by atoms with van der Waals surface area (Å²) in [4.78, 5) is 12.5. The molecule has 1 aliphatic rings. The molecule has 132 valence electrons. The van der Waals surface area contributed by atoms with E-state index in [1.807, 2.05) is 43.3 Å². The topological polar surface area (TPSA) is 63.7 Å². The fourth-order valence-corrected chi connectivity index (χ4v) is 4.79. The Morgan fingerprint density at radius 2 is 1.69 bits per heavy atom. The van der Waals surface area contributed by atoms with Gasteiger partial charge in [-0.3, -0.25) is 9.10 Å². The predicted octanol–water partition coefficient (Wildman–Crippen LogP) is 3.40. The van der Waals surface area contributed by atoms with Crippen LogP contribution in [0.2, 0.25) is 0 Å². The van der Waals surface area contributed by atoms with Gasteiger partial charge in [-0.25, -0.2) is 8.42 Å². The third kappa shape index (κ3) is 2.72. The van der Waals surface area contributed by atoms with Crippen molar-refractivity contribution < 1.29 is 17.9 Å². The first-order chi connectivity index (χ1) is 12.5. The van der Waals surface area contributed by atoms with Gasteiger partial charge in [-0.1, -0.05) is 54.1 Å². The second kappa shape index (κ2) is 6.14. The molecular weight excluding hydrogens is 350 g/mol. The lowest BCUT2D eigenvalue weighted by Gasteiger charge is -2.17. The zero-order valence-corrected chi connectivity index (χ0v) is 15.0. The van der Waals surface area contributed by atoms with E-state index in [2.05, 4.69) is 0 Å². The number of anilines is 1. The molecule has 0 aliphatic carbocycles. The summed E-state index contributed by atoms with van der Waals surface area (Å²) in [6.07, 6.45) is 0. The smallest absolute Gasteiger partial charge is 0.327 e. The van der Waals surface area contributed by atoms with E-state index in [1.54, 1.807) is 24.3 Å². The van der Waals surface area contributed by atoms with Crippen LogP contribution < -0.4 is 4.31 Å². The van der Waals surface area contributed by atoms with Gasteiger partial charge in [-0.05, 0) is 30.0 Å². The number of aryl methyl sites for hydroxylation is 1. The Morgan fingerprint density at radius 3 is 2.42 bits per heavy atom. The average molecular weight is 367 g/mol. The predicted molar refractivity (Wildman–Crippen MR) is 99.5 cm³/mol. The van der Waals surface area contributed by atoms with Crippen molar-refractivity contribution in [2.75, 3.05) is 10.8 Å². The van der Waals surface area contributed by atoms with Crippen LogP contribution in [0.25, 0.3) is 10.8 Å². The quantitative estimate of drug-likeness (QED) is 0.663. The van der Waals surface area contributed by atoms with E-state index in [0.29, 0.717) is 11.1 Å². The van der Waals surface area contributed by atoms with Crippen molar-refractivity contribution in [3.05, 3.63) is 71.8 Å². The lowest BCUT2D eigenvalue weighted by Crippen LogP contribution is -2.33. The molecule has 0 amide bonds. The average Bonchev–Trinajstić information content (AvgIpc) is 2.85. The normalized spacial score (nSPS) is 14.6. The maximum Gasteiger partial charge on any atom is 0.327 e. The molecule has 3 aromatic rings. The largest absolute Gasteiger partial charge is 0.459 e. The molecule has 0 saturated carbocycles. The van der Waals surface area contributed by atoms with Crippen molar-refractivity contribution in [2.24, 2.45) is 0 Å². The van der Waals surface area contributed by atoms with Crippen LogP contribution in [0.4, 0.5) is 5.69 Å². The van der Waals surface area contributed by atoms with Gasteiger partial charge in [0.2, 0.25) is 0 Å². The number of rotatable bonds is 4. The third-order valence-electron chi connectivity index (χ3n) is 4.47. The van der Waals surface area contributed by atoms with Gasteiger partial charge in [0.05, 0.1) is 10.6 Å². The van der Waals surface area contributed by atoms with Crippen LogP contribution >= 0.6 is 0 Å². The minimum atomic E-state index is -3.75. The molecule has 0 N–H and O–H groups in total. The number of hydrogen-bond acceptors (Lipinski definition) is 4. The van der Waals surface area contributed by atoms with Gasteiger partial charge in [0, 0.05) is 5.39 Å². The molecule has 0 unspecified atom stereocenters. The molecule has 0 aromatic heterocycles. The van der Waals surface area contributed by atoms with Gasteiger partial charge in [-0.15, -0.1) is 0 Å². The molecule has 5 nitrogen and oxygen atoms in total. The molecule has 0 radical (unpaired) electrons. The van der Waals surface area contributed by atoms with Crippen LogP contribution in [0.15, 0.2) is 65.6 Å². The molecule has 26 heavy (non-hydrogen) atoms. The monoisotopic (exact) mass is 367 g/mol. The fourth-order valence-electron chi connectivity index (χ4n) is 3.14. The summed E-state index contributed by atoms with van der Waals surface area (Å²) in [5.74, 6) is -0.584. The van der Waals surface area contributed by atoms with E-state index in [9.17, 15) is 13.2 Å². The van der Waals surface area contributed by atoms with Gasteiger partial charge in [0.15, 0.2) is 0 Å². The highest BCUT2D eigenvalue weighted by molar-refractivity contribution is 7.93. The number of nitrogens with zero attached hydrogens (tertiary/aromatic N) is 1. The molecule has 1 heterocycles. The Hall–Kier alpha value is -2.86. The second-order valence-electron chi connectivity index (χ2n) is 6.29. The number of carbonyl (C=O) groups excluding carboxylic acids is 1. The summed E-state index contributed by atoms with van der Waals surface area (Å²) < 4.78 is 32.1. The summed E-state index contributed by atoms with van der Waals surface area (Å²) in [6.45, 7) is 1.75. The number of benzene rings is 3. The van der Waals surface area contributed by atoms with Crippen molar-refractivity contribution in [2.45, 2.75) is 18.4 Å². The maximum atomic E-state index is 12.8. The van der Waals surface area contributed by atoms with Crippen LogP contribution in [0.1, 0.15) is 11.1 Å². The Labute approximate surface area is 151 Å². The Morgan fingerprint density at radius 1 is 1.00 bits per heavy atom. The molecule has 0 bridgehead atoms. The summed E-state index contributed by atoms with van der Waals surface area (Å²) in [7, 11) is -3.75. The molecule has 1 aliphatic heterocycles. The number of carbonyl (C=O) groups is 1. The van der Waals surface area contributed by atoms with Gasteiger partial charge >= 0.3 is 5.97 Å². The highest BCUT2D eigenvalue weighted by Crippen LogP contribution is 2.41. The molecule has 0 atom stereocenters. The molecule has 0 spiro atoms. The van der Waals surface area contributed by atoms with E-state index in [1.165, 1.54) is 0 Å². The summed E-state index contributed by atoms with van der Waals surface area (Å²) in [5, 5.41) is 1.49. The fraction of sp³-hybridized carbons (Fsp3) is 0.150. The highest BCUT2D eigenvalue weighted by Gasteiger charge is 2.36. The molecule has 3 aromatic carbocycles. The first-order valence-corrected chi connectivity index (χ1v) is 9.66. The molecule has 0 fully saturated rings. The van der Waals surface area contributed by atoms with Crippen LogP contribution in [0.5, 0.6) is 0 Å². The molecule has 0 saturated heterocycles. The van der Waals surface area contributed by atoms with Gasteiger partial charge in [0.25, 0.3) is 10.0 Å². The third-order valence-corrected chi connectivity index (χ3v) is 6.28. The van der Waals surface area contributed by atoms with Crippen molar-refractivity contribution in [3.8, 4) is 0 Å². The summed E-state index contributed by atoms with van der Waals surface area (Å²) >= 11 is 0. The zero-order chi connectivity index (χ0) is 18.3. The molecule has 6 heteroatoms. The Kier molecular flexibility index (Phi) is 3.92. The van der Waals surface area contributed by atoms with Gasteiger partial charge in [0.1, 0.15) is 13.2 Å². The van der Waals surface area contributed by atoms with Crippen LogP contribution in [0.3, 0.4) is 0 Å². The zero-order valence-electron chi connectivity index (χ0n) is 14.2. The minimum absolute atomic E-state index is 0.115. The molecular formula is C20H17NO4S. The van der Waals surface area contributed by atoms with E-state index in [-0.39, 0.29) is 18.0 Å². The van der Waals surface area contributed by atoms with Crippen LogP contribution in [-0.4, -0.2) is 20.9 Å². The molecule has 4 rings (SSSR count). The van der Waals surface area contributed by atoms with Gasteiger partial charge < -0.3 is 4.74 Å². The Bertz CT molecular complexity index is 1100. The van der Waals surface area contributed by atoms with Crippen LogP contribution in [-0.2, 0) is 26.2 Å². The first kappa shape index (κ1) is 16.6. The standard InChI is InChI=1S/C20H17NO4S/c1-14-8-10-15(11-9-14)13-25-19(22)12-21-17-6-2-4-16-5-3-7-18(20(16)17)26(21,23)24/h2-11H,12-13H2,1H3. The number of sulfonamides is 1. The van der Waals surface area contributed by atoms with Crippen LogP contribution in [0, 0.1) is 6.92 Å². The number of ether oxygens (including phenoxy) is 1.